The maximum atomic E-state index is 14.0. The molecule has 1 aromatic rings. The van der Waals surface area contributed by atoms with Crippen LogP contribution in [-0.4, -0.2) is 33.4 Å². The molecule has 0 amide bonds. The van der Waals surface area contributed by atoms with Gasteiger partial charge in [0.25, 0.3) is 0 Å². The zero-order valence-electron chi connectivity index (χ0n) is 10.9. The van der Waals surface area contributed by atoms with Crippen molar-refractivity contribution < 1.29 is 9.13 Å². The normalized spacial score (nSPS) is 15.1. The summed E-state index contributed by atoms with van der Waals surface area (Å²) in [6, 6.07) is 5.24. The summed E-state index contributed by atoms with van der Waals surface area (Å²) >= 11 is 0. The van der Waals surface area contributed by atoms with E-state index in [1.807, 2.05) is 6.07 Å². The third-order valence-corrected chi connectivity index (χ3v) is 3.25. The lowest BCUT2D eigenvalue weighted by atomic mass is 10.2. The summed E-state index contributed by atoms with van der Waals surface area (Å²) in [7, 11) is 1.69. The quantitative estimate of drug-likeness (QED) is 0.788. The molecule has 0 saturated carbocycles. The second-order valence-electron chi connectivity index (χ2n) is 4.60. The van der Waals surface area contributed by atoms with Crippen LogP contribution in [0.5, 0.6) is 0 Å². The molecule has 3 nitrogen and oxygen atoms in total. The maximum Gasteiger partial charge on any atom is 0.148 e. The van der Waals surface area contributed by atoms with Crippen LogP contribution in [0.3, 0.4) is 0 Å². The SMILES string of the molecule is COCCCNc1cccc(F)c1N1CCCC1. The summed E-state index contributed by atoms with van der Waals surface area (Å²) in [6.07, 6.45) is 3.22. The maximum absolute atomic E-state index is 14.0. The van der Waals surface area contributed by atoms with Crippen LogP contribution in [0.2, 0.25) is 0 Å². The Morgan fingerprint density at radius 3 is 2.83 bits per heavy atom. The van der Waals surface area contributed by atoms with Gasteiger partial charge >= 0.3 is 0 Å². The van der Waals surface area contributed by atoms with Gasteiger partial charge in [0.15, 0.2) is 0 Å². The van der Waals surface area contributed by atoms with Gasteiger partial charge in [-0.1, -0.05) is 6.07 Å². The van der Waals surface area contributed by atoms with Crippen LogP contribution in [0.1, 0.15) is 19.3 Å². The second kappa shape index (κ2) is 6.59. The van der Waals surface area contributed by atoms with E-state index in [-0.39, 0.29) is 5.82 Å². The lowest BCUT2D eigenvalue weighted by Crippen LogP contribution is -2.21. The number of benzene rings is 1. The monoisotopic (exact) mass is 252 g/mol. The first-order valence-corrected chi connectivity index (χ1v) is 6.59. The van der Waals surface area contributed by atoms with Crippen LogP contribution >= 0.6 is 0 Å². The van der Waals surface area contributed by atoms with Crippen LogP contribution in [0.15, 0.2) is 18.2 Å². The van der Waals surface area contributed by atoms with Gasteiger partial charge in [0.1, 0.15) is 5.82 Å². The lowest BCUT2D eigenvalue weighted by molar-refractivity contribution is 0.198. The van der Waals surface area contributed by atoms with Crippen LogP contribution in [0.4, 0.5) is 15.8 Å². The first-order chi connectivity index (χ1) is 8.83. The van der Waals surface area contributed by atoms with Gasteiger partial charge in [0, 0.05) is 33.4 Å². The largest absolute Gasteiger partial charge is 0.385 e. The summed E-state index contributed by atoms with van der Waals surface area (Å²) in [5.74, 6) is -0.131. The van der Waals surface area contributed by atoms with E-state index in [9.17, 15) is 4.39 Å². The van der Waals surface area contributed by atoms with E-state index in [1.165, 1.54) is 6.07 Å². The van der Waals surface area contributed by atoms with Crippen LogP contribution < -0.4 is 10.2 Å². The molecule has 1 saturated heterocycles. The lowest BCUT2D eigenvalue weighted by Gasteiger charge is -2.22. The highest BCUT2D eigenvalue weighted by atomic mass is 19.1. The fourth-order valence-electron chi connectivity index (χ4n) is 2.36. The van der Waals surface area contributed by atoms with E-state index in [0.717, 1.165) is 56.9 Å². The van der Waals surface area contributed by atoms with Gasteiger partial charge < -0.3 is 15.0 Å². The van der Waals surface area contributed by atoms with Gasteiger partial charge in [-0.3, -0.25) is 0 Å². The third kappa shape index (κ3) is 3.13. The molecule has 0 radical (unpaired) electrons. The number of hydrogen-bond donors (Lipinski definition) is 1. The Hall–Kier alpha value is -1.29. The van der Waals surface area contributed by atoms with Crippen molar-refractivity contribution >= 4 is 11.4 Å². The average Bonchev–Trinajstić information content (AvgIpc) is 2.88. The van der Waals surface area contributed by atoms with Crippen molar-refractivity contribution in [2.45, 2.75) is 19.3 Å². The number of ether oxygens (including phenoxy) is 1. The highest BCUT2D eigenvalue weighted by Crippen LogP contribution is 2.31. The smallest absolute Gasteiger partial charge is 0.148 e. The zero-order valence-corrected chi connectivity index (χ0v) is 10.9. The van der Waals surface area contributed by atoms with Crippen molar-refractivity contribution in [1.82, 2.24) is 0 Å². The molecular weight excluding hydrogens is 231 g/mol. The van der Waals surface area contributed by atoms with Gasteiger partial charge in [0.2, 0.25) is 0 Å². The molecule has 1 aromatic carbocycles. The molecule has 1 fully saturated rings. The van der Waals surface area contributed by atoms with E-state index in [1.54, 1.807) is 13.2 Å². The topological polar surface area (TPSA) is 24.5 Å². The van der Waals surface area contributed by atoms with E-state index in [4.69, 9.17) is 4.74 Å². The average molecular weight is 252 g/mol. The van der Waals surface area contributed by atoms with Crippen LogP contribution in [0, 0.1) is 5.82 Å². The van der Waals surface area contributed by atoms with Crippen molar-refractivity contribution in [3.8, 4) is 0 Å². The number of halogens is 1. The molecule has 4 heteroatoms. The Kier molecular flexibility index (Phi) is 4.81. The first kappa shape index (κ1) is 13.1. The first-order valence-electron chi connectivity index (χ1n) is 6.59. The molecule has 1 N–H and O–H groups in total. The molecule has 0 aromatic heterocycles. The van der Waals surface area contributed by atoms with E-state index >= 15 is 0 Å². The second-order valence-corrected chi connectivity index (χ2v) is 4.60. The standard InChI is InChI=1S/C14H21FN2O/c1-18-11-5-8-16-13-7-4-6-12(15)14(13)17-9-2-3-10-17/h4,6-7,16H,2-3,5,8-11H2,1H3. The molecule has 18 heavy (non-hydrogen) atoms. The van der Waals surface area contributed by atoms with E-state index < -0.39 is 0 Å². The molecular formula is C14H21FN2O. The minimum atomic E-state index is -0.131. The van der Waals surface area contributed by atoms with Crippen LogP contribution in [0.25, 0.3) is 0 Å². The number of para-hydroxylation sites is 1. The summed E-state index contributed by atoms with van der Waals surface area (Å²) in [5.41, 5.74) is 1.63. The molecule has 100 valence electrons. The molecule has 0 spiro atoms. The molecule has 1 aliphatic heterocycles. The van der Waals surface area contributed by atoms with E-state index in [2.05, 4.69) is 10.2 Å². The van der Waals surface area contributed by atoms with Crippen molar-refractivity contribution in [3.63, 3.8) is 0 Å². The highest BCUT2D eigenvalue weighted by Gasteiger charge is 2.19. The van der Waals surface area contributed by atoms with Gasteiger partial charge in [-0.15, -0.1) is 0 Å². The number of hydrogen-bond acceptors (Lipinski definition) is 3. The number of rotatable bonds is 6. The number of anilines is 2. The third-order valence-electron chi connectivity index (χ3n) is 3.25. The molecule has 0 atom stereocenters. The Bertz CT molecular complexity index is 378. The Balaban J connectivity index is 2.05. The number of nitrogens with one attached hydrogen (secondary N) is 1. The summed E-state index contributed by atoms with van der Waals surface area (Å²) in [5, 5.41) is 3.30. The van der Waals surface area contributed by atoms with Gasteiger partial charge in [-0.25, -0.2) is 4.39 Å². The van der Waals surface area contributed by atoms with Crippen LogP contribution in [-0.2, 0) is 4.74 Å². The van der Waals surface area contributed by atoms with Gasteiger partial charge in [-0.05, 0) is 31.4 Å². The molecule has 0 unspecified atom stereocenters. The predicted molar refractivity (Wildman–Crippen MR) is 72.8 cm³/mol. The molecule has 0 bridgehead atoms. The van der Waals surface area contributed by atoms with Gasteiger partial charge in [0.05, 0.1) is 11.4 Å². The minimum Gasteiger partial charge on any atom is -0.385 e. The van der Waals surface area contributed by atoms with Crippen molar-refractivity contribution in [2.24, 2.45) is 0 Å². The Morgan fingerprint density at radius 2 is 2.11 bits per heavy atom. The number of nitrogens with zero attached hydrogens (tertiary/aromatic N) is 1. The fourth-order valence-corrected chi connectivity index (χ4v) is 2.36. The highest BCUT2D eigenvalue weighted by molar-refractivity contribution is 5.71. The summed E-state index contributed by atoms with van der Waals surface area (Å²) < 4.78 is 19.0. The Morgan fingerprint density at radius 1 is 1.33 bits per heavy atom. The summed E-state index contributed by atoms with van der Waals surface area (Å²) in [6.45, 7) is 3.43. The summed E-state index contributed by atoms with van der Waals surface area (Å²) in [4.78, 5) is 2.13. The van der Waals surface area contributed by atoms with Crippen molar-refractivity contribution in [2.75, 3.05) is 43.6 Å². The predicted octanol–water partition coefficient (Wildman–Crippen LogP) is 2.87. The van der Waals surface area contributed by atoms with Crippen molar-refractivity contribution in [3.05, 3.63) is 24.0 Å². The fraction of sp³-hybridized carbons (Fsp3) is 0.571. The molecule has 2 rings (SSSR count). The van der Waals surface area contributed by atoms with E-state index in [0.29, 0.717) is 0 Å². The molecule has 1 heterocycles. The Labute approximate surface area is 108 Å². The zero-order chi connectivity index (χ0) is 12.8. The number of methoxy groups -OCH3 is 1. The molecule has 0 aliphatic carbocycles. The minimum absolute atomic E-state index is 0.131. The molecule has 1 aliphatic rings. The van der Waals surface area contributed by atoms with Gasteiger partial charge in [-0.2, -0.15) is 0 Å². The van der Waals surface area contributed by atoms with Crippen molar-refractivity contribution in [1.29, 1.82) is 0 Å².